The van der Waals surface area contributed by atoms with Gasteiger partial charge in [-0.1, -0.05) is 48.0 Å². The van der Waals surface area contributed by atoms with Crippen molar-refractivity contribution in [1.29, 1.82) is 5.26 Å². The van der Waals surface area contributed by atoms with E-state index in [-0.39, 0.29) is 0 Å². The zero-order valence-corrected chi connectivity index (χ0v) is 13.5. The normalized spacial score (nSPS) is 11.7. The number of esters is 1. The van der Waals surface area contributed by atoms with Crippen molar-refractivity contribution in [2.24, 2.45) is 0 Å². The van der Waals surface area contributed by atoms with Gasteiger partial charge in [-0.05, 0) is 26.0 Å². The van der Waals surface area contributed by atoms with E-state index in [0.29, 0.717) is 22.2 Å². The van der Waals surface area contributed by atoms with E-state index in [4.69, 9.17) is 10.00 Å². The Balaban J connectivity index is 2.14. The van der Waals surface area contributed by atoms with Crippen LogP contribution in [0.4, 0.5) is 0 Å². The predicted molar refractivity (Wildman–Crippen MR) is 92.4 cm³/mol. The average Bonchev–Trinajstić information content (AvgIpc) is 2.61. The molecule has 0 N–H and O–H groups in total. The molecule has 0 radical (unpaired) electrons. The van der Waals surface area contributed by atoms with Gasteiger partial charge in [-0.25, -0.2) is 9.78 Å². The predicted octanol–water partition coefficient (Wildman–Crippen LogP) is 4.28. The standard InChI is InChI=1S/C20H16N2O2/c1-13-7-9-15(10-8-13)19-11-17(20(23)24-14(2)12-21)16-5-3-4-6-18(16)22-19/h3-11,14H,1-2H3/t14-/m0/s1. The number of carbonyl (C=O) groups excluding carboxylic acids is 1. The smallest absolute Gasteiger partial charge is 0.340 e. The Kier molecular flexibility index (Phi) is 4.26. The molecule has 1 atom stereocenters. The number of nitriles is 1. The highest BCUT2D eigenvalue weighted by Gasteiger charge is 2.17. The highest BCUT2D eigenvalue weighted by atomic mass is 16.5. The number of benzene rings is 2. The second-order valence-electron chi connectivity index (χ2n) is 5.61. The minimum absolute atomic E-state index is 0.415. The van der Waals surface area contributed by atoms with Crippen LogP contribution in [-0.2, 0) is 4.74 Å². The molecule has 0 aliphatic rings. The van der Waals surface area contributed by atoms with Crippen molar-refractivity contribution in [2.75, 3.05) is 0 Å². The summed E-state index contributed by atoms with van der Waals surface area (Å²) >= 11 is 0. The number of para-hydroxylation sites is 1. The van der Waals surface area contributed by atoms with Crippen molar-refractivity contribution in [3.05, 3.63) is 65.7 Å². The van der Waals surface area contributed by atoms with E-state index in [2.05, 4.69) is 4.98 Å². The number of ether oxygens (including phenoxy) is 1. The molecular weight excluding hydrogens is 300 g/mol. The zero-order valence-electron chi connectivity index (χ0n) is 13.5. The van der Waals surface area contributed by atoms with Crippen LogP contribution in [-0.4, -0.2) is 17.1 Å². The molecule has 0 amide bonds. The third-order valence-electron chi connectivity index (χ3n) is 3.75. The maximum absolute atomic E-state index is 12.5. The molecule has 0 unspecified atom stereocenters. The Morgan fingerprint density at radius 2 is 1.88 bits per heavy atom. The highest BCUT2D eigenvalue weighted by Crippen LogP contribution is 2.26. The average molecular weight is 316 g/mol. The van der Waals surface area contributed by atoms with Crippen molar-refractivity contribution in [1.82, 2.24) is 4.98 Å². The fourth-order valence-corrected chi connectivity index (χ4v) is 2.47. The third kappa shape index (κ3) is 3.11. The van der Waals surface area contributed by atoms with Gasteiger partial charge in [-0.3, -0.25) is 0 Å². The third-order valence-corrected chi connectivity index (χ3v) is 3.75. The van der Waals surface area contributed by atoms with Crippen LogP contribution in [0.5, 0.6) is 0 Å². The van der Waals surface area contributed by atoms with Gasteiger partial charge in [0.15, 0.2) is 6.10 Å². The van der Waals surface area contributed by atoms with Crippen LogP contribution in [0.25, 0.3) is 22.2 Å². The van der Waals surface area contributed by atoms with Crippen molar-refractivity contribution >= 4 is 16.9 Å². The SMILES string of the molecule is Cc1ccc(-c2cc(C(=O)O[C@@H](C)C#N)c3ccccc3n2)cc1. The summed E-state index contributed by atoms with van der Waals surface area (Å²) in [5, 5.41) is 9.57. The number of aromatic nitrogens is 1. The summed E-state index contributed by atoms with van der Waals surface area (Å²) in [6, 6.07) is 19.0. The summed E-state index contributed by atoms with van der Waals surface area (Å²) in [6.07, 6.45) is -0.799. The molecule has 3 rings (SSSR count). The topological polar surface area (TPSA) is 63.0 Å². The first-order valence-electron chi connectivity index (χ1n) is 7.66. The van der Waals surface area contributed by atoms with Gasteiger partial charge in [0, 0.05) is 10.9 Å². The van der Waals surface area contributed by atoms with E-state index < -0.39 is 12.1 Å². The Labute approximate surface area is 140 Å². The number of hydrogen-bond acceptors (Lipinski definition) is 4. The molecule has 3 aromatic rings. The van der Waals surface area contributed by atoms with Crippen molar-refractivity contribution < 1.29 is 9.53 Å². The molecule has 24 heavy (non-hydrogen) atoms. The lowest BCUT2D eigenvalue weighted by atomic mass is 10.0. The molecule has 0 saturated heterocycles. The van der Waals surface area contributed by atoms with Gasteiger partial charge in [0.05, 0.1) is 16.8 Å². The molecule has 2 aromatic carbocycles. The van der Waals surface area contributed by atoms with Gasteiger partial charge < -0.3 is 4.74 Å². The van der Waals surface area contributed by atoms with E-state index in [1.54, 1.807) is 13.0 Å². The van der Waals surface area contributed by atoms with Crippen molar-refractivity contribution in [2.45, 2.75) is 20.0 Å². The van der Waals surface area contributed by atoms with E-state index in [0.717, 1.165) is 11.1 Å². The molecule has 0 spiro atoms. The molecule has 1 aromatic heterocycles. The summed E-state index contributed by atoms with van der Waals surface area (Å²) in [4.78, 5) is 17.1. The summed E-state index contributed by atoms with van der Waals surface area (Å²) in [5.74, 6) is -0.518. The largest absolute Gasteiger partial charge is 0.444 e. The summed E-state index contributed by atoms with van der Waals surface area (Å²) in [6.45, 7) is 3.56. The lowest BCUT2D eigenvalue weighted by molar-refractivity contribution is 0.0438. The molecule has 0 bridgehead atoms. The van der Waals surface area contributed by atoms with E-state index in [1.807, 2.05) is 61.5 Å². The van der Waals surface area contributed by atoms with Crippen LogP contribution in [0.2, 0.25) is 0 Å². The maximum atomic E-state index is 12.5. The number of fused-ring (bicyclic) bond motifs is 1. The van der Waals surface area contributed by atoms with Gasteiger partial charge in [-0.2, -0.15) is 5.26 Å². The van der Waals surface area contributed by atoms with E-state index in [1.165, 1.54) is 0 Å². The first-order valence-corrected chi connectivity index (χ1v) is 7.66. The molecule has 118 valence electrons. The lowest BCUT2D eigenvalue weighted by Gasteiger charge is -2.11. The van der Waals surface area contributed by atoms with Crippen LogP contribution in [0.1, 0.15) is 22.8 Å². The second-order valence-corrected chi connectivity index (χ2v) is 5.61. The fraction of sp³-hybridized carbons (Fsp3) is 0.150. The Hall–Kier alpha value is -3.19. The van der Waals surface area contributed by atoms with Gasteiger partial charge >= 0.3 is 5.97 Å². The van der Waals surface area contributed by atoms with Crippen molar-refractivity contribution in [3.63, 3.8) is 0 Å². The minimum atomic E-state index is -0.799. The first kappa shape index (κ1) is 15.7. The second kappa shape index (κ2) is 6.51. The monoisotopic (exact) mass is 316 g/mol. The van der Waals surface area contributed by atoms with Gasteiger partial charge in [0.2, 0.25) is 0 Å². The van der Waals surface area contributed by atoms with E-state index in [9.17, 15) is 4.79 Å². The Morgan fingerprint density at radius 3 is 2.58 bits per heavy atom. The highest BCUT2D eigenvalue weighted by molar-refractivity contribution is 6.04. The van der Waals surface area contributed by atoms with Crippen LogP contribution in [0, 0.1) is 18.3 Å². The summed E-state index contributed by atoms with van der Waals surface area (Å²) in [7, 11) is 0. The number of nitrogens with zero attached hydrogens (tertiary/aromatic N) is 2. The summed E-state index contributed by atoms with van der Waals surface area (Å²) in [5.41, 5.74) is 3.91. The number of hydrogen-bond donors (Lipinski definition) is 0. The number of carbonyl (C=O) groups is 1. The molecule has 0 aliphatic carbocycles. The van der Waals surface area contributed by atoms with Crippen LogP contribution in [0.3, 0.4) is 0 Å². The Bertz CT molecular complexity index is 940. The molecule has 0 aliphatic heterocycles. The molecule has 0 fully saturated rings. The van der Waals surface area contributed by atoms with Gasteiger partial charge in [0.25, 0.3) is 0 Å². The zero-order chi connectivity index (χ0) is 17.1. The van der Waals surface area contributed by atoms with Crippen LogP contribution in [0.15, 0.2) is 54.6 Å². The number of pyridine rings is 1. The number of rotatable bonds is 3. The van der Waals surface area contributed by atoms with Crippen LogP contribution >= 0.6 is 0 Å². The molecular formula is C20H16N2O2. The minimum Gasteiger partial charge on any atom is -0.444 e. The molecule has 4 heteroatoms. The maximum Gasteiger partial charge on any atom is 0.340 e. The molecule has 1 heterocycles. The van der Waals surface area contributed by atoms with E-state index >= 15 is 0 Å². The van der Waals surface area contributed by atoms with Crippen LogP contribution < -0.4 is 0 Å². The van der Waals surface area contributed by atoms with Crippen molar-refractivity contribution in [3.8, 4) is 17.3 Å². The number of aryl methyl sites for hydroxylation is 1. The quantitative estimate of drug-likeness (QED) is 0.677. The Morgan fingerprint density at radius 1 is 1.17 bits per heavy atom. The molecule has 4 nitrogen and oxygen atoms in total. The summed E-state index contributed by atoms with van der Waals surface area (Å²) < 4.78 is 5.18. The lowest BCUT2D eigenvalue weighted by Crippen LogP contribution is -2.14. The fourth-order valence-electron chi connectivity index (χ4n) is 2.47. The van der Waals surface area contributed by atoms with Gasteiger partial charge in [-0.15, -0.1) is 0 Å². The van der Waals surface area contributed by atoms with Gasteiger partial charge in [0.1, 0.15) is 6.07 Å². The molecule has 0 saturated carbocycles. The first-order chi connectivity index (χ1) is 11.6.